The van der Waals surface area contributed by atoms with Crippen LogP contribution in [0.1, 0.15) is 18.9 Å². The molecule has 0 bridgehead atoms. The summed E-state index contributed by atoms with van der Waals surface area (Å²) in [5.41, 5.74) is 3.24. The van der Waals surface area contributed by atoms with Crippen molar-refractivity contribution in [1.82, 2.24) is 15.3 Å². The van der Waals surface area contributed by atoms with Crippen LogP contribution in [0, 0.1) is 11.3 Å². The summed E-state index contributed by atoms with van der Waals surface area (Å²) in [7, 11) is 0. The van der Waals surface area contributed by atoms with Gasteiger partial charge < -0.3 is 15.5 Å². The minimum absolute atomic E-state index is 0.0856. The lowest BCUT2D eigenvalue weighted by Gasteiger charge is -2.14. The lowest BCUT2D eigenvalue weighted by atomic mass is 9.99. The Hall–Kier alpha value is -2.61. The third-order valence-corrected chi connectivity index (χ3v) is 6.66. The predicted octanol–water partition coefficient (Wildman–Crippen LogP) is 5.96. The number of hydrogen-bond acceptors (Lipinski definition) is 6. The van der Waals surface area contributed by atoms with Crippen LogP contribution < -0.4 is 10.1 Å². The van der Waals surface area contributed by atoms with Crippen LogP contribution in [0.2, 0.25) is 10.0 Å². The number of rotatable bonds is 11. The molecule has 3 aromatic rings. The molecule has 178 valence electrons. The van der Waals surface area contributed by atoms with Crippen LogP contribution in [0.15, 0.2) is 59.8 Å². The van der Waals surface area contributed by atoms with Crippen molar-refractivity contribution in [3.05, 3.63) is 70.5 Å². The molecule has 2 aromatic carbocycles. The highest BCUT2D eigenvalue weighted by Crippen LogP contribution is 2.26. The molecular formula is C25H26Cl2N4O2S. The highest BCUT2D eigenvalue weighted by Gasteiger charge is 2.12. The van der Waals surface area contributed by atoms with Crippen LogP contribution in [0.25, 0.3) is 11.1 Å². The number of hydrogen-bond donors (Lipinski definition) is 2. The van der Waals surface area contributed by atoms with Crippen LogP contribution in [0.4, 0.5) is 0 Å². The second-order valence-electron chi connectivity index (χ2n) is 7.88. The fraction of sp³-hybridized carbons (Fsp3) is 0.280. The number of nitrogens with one attached hydrogen (secondary N) is 2. The third-order valence-electron chi connectivity index (χ3n) is 5.06. The smallest absolute Gasteiger partial charge is 0.316 e. The molecule has 0 aliphatic carbocycles. The molecule has 1 heterocycles. The zero-order chi connectivity index (χ0) is 24.5. The molecule has 1 atom stereocenters. The molecule has 9 heteroatoms. The molecule has 2 N–H and O–H groups in total. The standard InChI is InChI=1S/C25H26Cl2N4O2S/c1-16(10-20(28)11-18-4-3-5-22(26)24(18)27)12-29-23(32)15-33-25-30-13-19(14-31-25)17-6-8-21(34-2)9-7-17/h3-9,13-14,16,28H,10-12,15H2,1-2H3,(H,29,32). The van der Waals surface area contributed by atoms with Gasteiger partial charge in [0, 0.05) is 41.5 Å². The molecule has 1 aromatic heterocycles. The zero-order valence-corrected chi connectivity index (χ0v) is 21.3. The van der Waals surface area contributed by atoms with Crippen LogP contribution in [-0.4, -0.2) is 41.0 Å². The van der Waals surface area contributed by atoms with Gasteiger partial charge in [-0.15, -0.1) is 11.8 Å². The number of benzene rings is 2. The van der Waals surface area contributed by atoms with E-state index in [1.54, 1.807) is 30.2 Å². The predicted molar refractivity (Wildman–Crippen MR) is 139 cm³/mol. The van der Waals surface area contributed by atoms with Gasteiger partial charge in [0.05, 0.1) is 10.0 Å². The Morgan fingerprint density at radius 2 is 1.82 bits per heavy atom. The van der Waals surface area contributed by atoms with E-state index in [0.29, 0.717) is 35.1 Å². The van der Waals surface area contributed by atoms with E-state index in [1.165, 1.54) is 4.90 Å². The maximum atomic E-state index is 12.1. The first-order valence-corrected chi connectivity index (χ1v) is 12.7. The molecule has 6 nitrogen and oxygen atoms in total. The van der Waals surface area contributed by atoms with Crippen molar-refractivity contribution < 1.29 is 9.53 Å². The van der Waals surface area contributed by atoms with Gasteiger partial charge in [-0.1, -0.05) is 54.4 Å². The fourth-order valence-corrected chi connectivity index (χ4v) is 4.07. The molecule has 0 saturated carbocycles. The Labute approximate surface area is 214 Å². The average Bonchev–Trinajstić information content (AvgIpc) is 2.84. The molecule has 0 radical (unpaired) electrons. The highest BCUT2D eigenvalue weighted by atomic mass is 35.5. The van der Waals surface area contributed by atoms with Gasteiger partial charge in [0.1, 0.15) is 0 Å². The lowest BCUT2D eigenvalue weighted by molar-refractivity contribution is -0.123. The van der Waals surface area contributed by atoms with Gasteiger partial charge in [-0.2, -0.15) is 0 Å². The summed E-state index contributed by atoms with van der Waals surface area (Å²) in [6.07, 6.45) is 6.34. The monoisotopic (exact) mass is 516 g/mol. The second-order valence-corrected chi connectivity index (χ2v) is 9.54. The van der Waals surface area contributed by atoms with E-state index in [-0.39, 0.29) is 24.4 Å². The van der Waals surface area contributed by atoms with Crippen molar-refractivity contribution in [2.45, 2.75) is 24.7 Å². The van der Waals surface area contributed by atoms with E-state index in [4.69, 9.17) is 33.3 Å². The Bertz CT molecular complexity index is 1120. The van der Waals surface area contributed by atoms with E-state index < -0.39 is 0 Å². The minimum atomic E-state index is -0.267. The number of halogens is 2. The molecule has 1 unspecified atom stereocenters. The summed E-state index contributed by atoms with van der Waals surface area (Å²) in [6, 6.07) is 13.7. The summed E-state index contributed by atoms with van der Waals surface area (Å²) in [4.78, 5) is 21.7. The summed E-state index contributed by atoms with van der Waals surface area (Å²) in [5, 5.41) is 12.0. The number of aromatic nitrogens is 2. The van der Waals surface area contributed by atoms with E-state index in [0.717, 1.165) is 16.7 Å². The Morgan fingerprint density at radius 3 is 2.50 bits per heavy atom. The van der Waals surface area contributed by atoms with Crippen LogP contribution in [0.3, 0.4) is 0 Å². The van der Waals surface area contributed by atoms with E-state index in [1.807, 2.05) is 49.6 Å². The summed E-state index contributed by atoms with van der Waals surface area (Å²) in [6.45, 7) is 2.23. The van der Waals surface area contributed by atoms with Gasteiger partial charge in [-0.05, 0) is 47.9 Å². The fourth-order valence-electron chi connectivity index (χ4n) is 3.27. The number of thioether (sulfide) groups is 1. The molecule has 0 fully saturated rings. The quantitative estimate of drug-likeness (QED) is 0.242. The van der Waals surface area contributed by atoms with Gasteiger partial charge in [0.25, 0.3) is 5.91 Å². The van der Waals surface area contributed by atoms with Crippen molar-refractivity contribution in [3.63, 3.8) is 0 Å². The van der Waals surface area contributed by atoms with Crippen molar-refractivity contribution in [2.24, 2.45) is 5.92 Å². The number of carbonyl (C=O) groups excluding carboxylic acids is 1. The SMILES string of the molecule is CSc1ccc(-c2cnc(OCC(=O)NCC(C)CC(=N)Cc3cccc(Cl)c3Cl)nc2)cc1. The van der Waals surface area contributed by atoms with E-state index in [9.17, 15) is 4.79 Å². The molecule has 0 aliphatic rings. The minimum Gasteiger partial charge on any atom is -0.453 e. The molecule has 3 rings (SSSR count). The first-order valence-electron chi connectivity index (χ1n) is 10.7. The van der Waals surface area contributed by atoms with Crippen LogP contribution in [0.5, 0.6) is 6.01 Å². The molecule has 34 heavy (non-hydrogen) atoms. The molecule has 0 saturated heterocycles. The molecule has 0 aliphatic heterocycles. The third kappa shape index (κ3) is 7.72. The van der Waals surface area contributed by atoms with Gasteiger partial charge >= 0.3 is 6.01 Å². The second kappa shape index (κ2) is 12.7. The van der Waals surface area contributed by atoms with Crippen molar-refractivity contribution in [2.75, 3.05) is 19.4 Å². The molecular weight excluding hydrogens is 491 g/mol. The van der Waals surface area contributed by atoms with Crippen LogP contribution in [-0.2, 0) is 11.2 Å². The van der Waals surface area contributed by atoms with E-state index >= 15 is 0 Å². The first kappa shape index (κ1) is 26.0. The Kier molecular flexibility index (Phi) is 9.74. The van der Waals surface area contributed by atoms with Gasteiger partial charge in [-0.3, -0.25) is 4.79 Å². The van der Waals surface area contributed by atoms with Gasteiger partial charge in [-0.25, -0.2) is 9.97 Å². The lowest BCUT2D eigenvalue weighted by Crippen LogP contribution is -2.33. The zero-order valence-electron chi connectivity index (χ0n) is 19.0. The summed E-state index contributed by atoms with van der Waals surface area (Å²) >= 11 is 13.9. The number of carbonyl (C=O) groups is 1. The van der Waals surface area contributed by atoms with Gasteiger partial charge in [0.2, 0.25) is 0 Å². The first-order chi connectivity index (χ1) is 16.4. The largest absolute Gasteiger partial charge is 0.453 e. The Balaban J connectivity index is 1.39. The van der Waals surface area contributed by atoms with E-state index in [2.05, 4.69) is 15.3 Å². The normalized spacial score (nSPS) is 11.6. The maximum Gasteiger partial charge on any atom is 0.316 e. The number of ether oxygens (including phenoxy) is 1. The molecule has 1 amide bonds. The summed E-state index contributed by atoms with van der Waals surface area (Å²) in [5.74, 6) is -0.181. The average molecular weight is 517 g/mol. The maximum absolute atomic E-state index is 12.1. The highest BCUT2D eigenvalue weighted by molar-refractivity contribution is 7.98. The Morgan fingerprint density at radius 1 is 1.12 bits per heavy atom. The summed E-state index contributed by atoms with van der Waals surface area (Å²) < 4.78 is 5.40. The number of amides is 1. The van der Waals surface area contributed by atoms with Gasteiger partial charge in [0.15, 0.2) is 6.61 Å². The van der Waals surface area contributed by atoms with Crippen molar-refractivity contribution in [1.29, 1.82) is 5.41 Å². The molecule has 0 spiro atoms. The van der Waals surface area contributed by atoms with Crippen LogP contribution >= 0.6 is 35.0 Å². The van der Waals surface area contributed by atoms with Crippen molar-refractivity contribution >= 4 is 46.6 Å². The van der Waals surface area contributed by atoms with Crippen molar-refractivity contribution in [3.8, 4) is 17.1 Å². The topological polar surface area (TPSA) is 88.0 Å². The number of nitrogens with zero attached hydrogens (tertiary/aromatic N) is 2.